The Balaban J connectivity index is 0.00000288. The molecular formula is C18H23ClN2O3. The van der Waals surface area contributed by atoms with E-state index in [0.29, 0.717) is 30.2 Å². The van der Waals surface area contributed by atoms with Crippen LogP contribution in [0.4, 0.5) is 0 Å². The fourth-order valence-electron chi connectivity index (χ4n) is 2.11. The standard InChI is InChI=1S/C18H22N2O3.ClH/c1-22-17-13-15(23-14-7-3-2-4-8-14)9-10-16(17)18(21)20-12-6-5-11-19;/h2-4,7-10,13H,5-6,11-12,19H2,1H3,(H,20,21);1H. The largest absolute Gasteiger partial charge is 0.496 e. The van der Waals surface area contributed by atoms with E-state index in [1.165, 1.54) is 7.11 Å². The summed E-state index contributed by atoms with van der Waals surface area (Å²) in [4.78, 5) is 12.2. The summed E-state index contributed by atoms with van der Waals surface area (Å²) in [6.07, 6.45) is 1.75. The van der Waals surface area contributed by atoms with Crippen LogP contribution in [0.25, 0.3) is 0 Å². The zero-order chi connectivity index (χ0) is 16.5. The number of ether oxygens (including phenoxy) is 2. The third kappa shape index (κ3) is 5.76. The molecule has 0 aliphatic heterocycles. The van der Waals surface area contributed by atoms with Crippen LogP contribution in [0.3, 0.4) is 0 Å². The molecule has 0 aromatic heterocycles. The number of nitrogens with one attached hydrogen (secondary N) is 1. The minimum Gasteiger partial charge on any atom is -0.496 e. The van der Waals surface area contributed by atoms with Gasteiger partial charge in [0, 0.05) is 12.6 Å². The van der Waals surface area contributed by atoms with Crippen molar-refractivity contribution in [1.82, 2.24) is 5.32 Å². The van der Waals surface area contributed by atoms with Crippen molar-refractivity contribution in [1.29, 1.82) is 0 Å². The van der Waals surface area contributed by atoms with Crippen LogP contribution in [0, 0.1) is 0 Å². The second-order valence-electron chi connectivity index (χ2n) is 5.03. The fourth-order valence-corrected chi connectivity index (χ4v) is 2.11. The van der Waals surface area contributed by atoms with E-state index >= 15 is 0 Å². The van der Waals surface area contributed by atoms with Gasteiger partial charge in [0.1, 0.15) is 17.2 Å². The van der Waals surface area contributed by atoms with E-state index in [1.807, 2.05) is 30.3 Å². The Labute approximate surface area is 148 Å². The van der Waals surface area contributed by atoms with Crippen LogP contribution in [-0.2, 0) is 0 Å². The maximum Gasteiger partial charge on any atom is 0.255 e. The number of nitrogens with two attached hydrogens (primary N) is 1. The zero-order valence-corrected chi connectivity index (χ0v) is 14.5. The Hall–Kier alpha value is -2.24. The highest BCUT2D eigenvalue weighted by atomic mass is 35.5. The lowest BCUT2D eigenvalue weighted by Crippen LogP contribution is -2.25. The third-order valence-corrected chi connectivity index (χ3v) is 3.31. The van der Waals surface area contributed by atoms with Crippen molar-refractivity contribution in [2.45, 2.75) is 12.8 Å². The summed E-state index contributed by atoms with van der Waals surface area (Å²) in [6.45, 7) is 1.23. The molecule has 24 heavy (non-hydrogen) atoms. The molecule has 0 aliphatic carbocycles. The highest BCUT2D eigenvalue weighted by Crippen LogP contribution is 2.28. The minimum absolute atomic E-state index is 0. The van der Waals surface area contributed by atoms with Gasteiger partial charge >= 0.3 is 0 Å². The third-order valence-electron chi connectivity index (χ3n) is 3.31. The highest BCUT2D eigenvalue weighted by Gasteiger charge is 2.13. The molecule has 2 aromatic carbocycles. The van der Waals surface area contributed by atoms with E-state index < -0.39 is 0 Å². The summed E-state index contributed by atoms with van der Waals surface area (Å²) >= 11 is 0. The van der Waals surface area contributed by atoms with Crippen LogP contribution >= 0.6 is 12.4 Å². The first-order chi connectivity index (χ1) is 11.2. The monoisotopic (exact) mass is 350 g/mol. The Morgan fingerprint density at radius 2 is 1.83 bits per heavy atom. The number of carbonyl (C=O) groups excluding carboxylic acids is 1. The summed E-state index contributed by atoms with van der Waals surface area (Å²) in [5, 5.41) is 2.86. The molecule has 0 unspecified atom stereocenters. The number of hydrogen-bond donors (Lipinski definition) is 2. The number of methoxy groups -OCH3 is 1. The van der Waals surface area contributed by atoms with Crippen LogP contribution in [0.5, 0.6) is 17.2 Å². The normalized spacial score (nSPS) is 9.75. The number of halogens is 1. The molecule has 2 rings (SSSR count). The lowest BCUT2D eigenvalue weighted by Gasteiger charge is -2.12. The van der Waals surface area contributed by atoms with Crippen LogP contribution in [0.15, 0.2) is 48.5 Å². The summed E-state index contributed by atoms with van der Waals surface area (Å²) in [5.41, 5.74) is 5.92. The number of carbonyl (C=O) groups is 1. The molecule has 0 bridgehead atoms. The van der Waals surface area contributed by atoms with Crippen molar-refractivity contribution in [3.8, 4) is 17.2 Å². The minimum atomic E-state index is -0.162. The Kier molecular flexibility index (Phi) is 8.68. The van der Waals surface area contributed by atoms with Gasteiger partial charge in [-0.25, -0.2) is 0 Å². The number of benzene rings is 2. The molecule has 0 fully saturated rings. The number of amides is 1. The average molecular weight is 351 g/mol. The molecular weight excluding hydrogens is 328 g/mol. The molecule has 0 saturated heterocycles. The molecule has 130 valence electrons. The number of unbranched alkanes of at least 4 members (excludes halogenated alkanes) is 1. The SMILES string of the molecule is COc1cc(Oc2ccccc2)ccc1C(=O)NCCCCN.Cl. The molecule has 0 aliphatic rings. The first-order valence-corrected chi connectivity index (χ1v) is 7.64. The van der Waals surface area contributed by atoms with Gasteiger partial charge < -0.3 is 20.5 Å². The van der Waals surface area contributed by atoms with E-state index in [9.17, 15) is 4.79 Å². The maximum absolute atomic E-state index is 12.2. The quantitative estimate of drug-likeness (QED) is 0.716. The van der Waals surface area contributed by atoms with Gasteiger partial charge in [0.15, 0.2) is 0 Å². The molecule has 0 atom stereocenters. The van der Waals surface area contributed by atoms with Crippen LogP contribution in [0.1, 0.15) is 23.2 Å². The molecule has 2 aromatic rings. The van der Waals surface area contributed by atoms with E-state index in [1.54, 1.807) is 18.2 Å². The molecule has 5 nitrogen and oxygen atoms in total. The average Bonchev–Trinajstić information content (AvgIpc) is 2.59. The Morgan fingerprint density at radius 3 is 2.50 bits per heavy atom. The van der Waals surface area contributed by atoms with Gasteiger partial charge in [-0.15, -0.1) is 12.4 Å². The summed E-state index contributed by atoms with van der Waals surface area (Å²) < 4.78 is 11.1. The molecule has 0 radical (unpaired) electrons. The maximum atomic E-state index is 12.2. The van der Waals surface area contributed by atoms with E-state index in [-0.39, 0.29) is 18.3 Å². The van der Waals surface area contributed by atoms with Crippen molar-refractivity contribution >= 4 is 18.3 Å². The van der Waals surface area contributed by atoms with Crippen molar-refractivity contribution in [3.05, 3.63) is 54.1 Å². The second-order valence-corrected chi connectivity index (χ2v) is 5.03. The summed E-state index contributed by atoms with van der Waals surface area (Å²) in [6, 6.07) is 14.6. The lowest BCUT2D eigenvalue weighted by molar-refractivity contribution is 0.0950. The van der Waals surface area contributed by atoms with E-state index in [2.05, 4.69) is 5.32 Å². The number of para-hydroxylation sites is 1. The summed E-state index contributed by atoms with van der Waals surface area (Å²) in [5.74, 6) is 1.67. The Bertz CT molecular complexity index is 635. The first kappa shape index (κ1) is 19.8. The van der Waals surface area contributed by atoms with E-state index in [4.69, 9.17) is 15.2 Å². The van der Waals surface area contributed by atoms with Crippen molar-refractivity contribution in [3.63, 3.8) is 0 Å². The highest BCUT2D eigenvalue weighted by molar-refractivity contribution is 5.97. The molecule has 3 N–H and O–H groups in total. The predicted octanol–water partition coefficient (Wildman–Crippen LogP) is 3.38. The molecule has 1 amide bonds. The lowest BCUT2D eigenvalue weighted by atomic mass is 10.1. The Morgan fingerprint density at radius 1 is 1.08 bits per heavy atom. The van der Waals surface area contributed by atoms with Gasteiger partial charge in [-0.2, -0.15) is 0 Å². The number of hydrogen-bond acceptors (Lipinski definition) is 4. The van der Waals surface area contributed by atoms with Gasteiger partial charge in [-0.3, -0.25) is 4.79 Å². The van der Waals surface area contributed by atoms with Gasteiger partial charge in [0.2, 0.25) is 0 Å². The predicted molar refractivity (Wildman–Crippen MR) is 97.4 cm³/mol. The van der Waals surface area contributed by atoms with Gasteiger partial charge in [-0.1, -0.05) is 18.2 Å². The van der Waals surface area contributed by atoms with Crippen LogP contribution in [0.2, 0.25) is 0 Å². The fraction of sp³-hybridized carbons (Fsp3) is 0.278. The summed E-state index contributed by atoms with van der Waals surface area (Å²) in [7, 11) is 1.53. The van der Waals surface area contributed by atoms with Crippen LogP contribution < -0.4 is 20.5 Å². The van der Waals surface area contributed by atoms with Crippen LogP contribution in [-0.4, -0.2) is 26.1 Å². The molecule has 6 heteroatoms. The smallest absolute Gasteiger partial charge is 0.255 e. The second kappa shape index (κ2) is 10.5. The van der Waals surface area contributed by atoms with Crippen molar-refractivity contribution in [2.75, 3.05) is 20.2 Å². The zero-order valence-electron chi connectivity index (χ0n) is 13.7. The molecule has 0 heterocycles. The van der Waals surface area contributed by atoms with Crippen molar-refractivity contribution in [2.24, 2.45) is 5.73 Å². The van der Waals surface area contributed by atoms with Crippen molar-refractivity contribution < 1.29 is 14.3 Å². The van der Waals surface area contributed by atoms with Gasteiger partial charge in [0.25, 0.3) is 5.91 Å². The molecule has 0 spiro atoms. The topological polar surface area (TPSA) is 73.6 Å². The molecule has 0 saturated carbocycles. The van der Waals surface area contributed by atoms with Gasteiger partial charge in [-0.05, 0) is 43.7 Å². The van der Waals surface area contributed by atoms with Gasteiger partial charge in [0.05, 0.1) is 12.7 Å². The van der Waals surface area contributed by atoms with E-state index in [0.717, 1.165) is 18.6 Å². The number of rotatable bonds is 8. The first-order valence-electron chi connectivity index (χ1n) is 7.64.